The summed E-state index contributed by atoms with van der Waals surface area (Å²) in [5.41, 5.74) is 2.21. The van der Waals surface area contributed by atoms with Gasteiger partial charge in [-0.2, -0.15) is 0 Å². The SMILES string of the molecule is CCc1nc(CCNC(=O)N[C@H](C)[C@H]2COc3ccccc32)cs1. The van der Waals surface area contributed by atoms with Gasteiger partial charge in [0.15, 0.2) is 0 Å². The number of nitrogens with zero attached hydrogens (tertiary/aromatic N) is 1. The molecule has 0 saturated heterocycles. The zero-order valence-corrected chi connectivity index (χ0v) is 14.9. The summed E-state index contributed by atoms with van der Waals surface area (Å²) < 4.78 is 5.69. The molecular weight excluding hydrogens is 322 g/mol. The molecule has 5 nitrogen and oxygen atoms in total. The summed E-state index contributed by atoms with van der Waals surface area (Å²) in [6.07, 6.45) is 1.72. The smallest absolute Gasteiger partial charge is 0.315 e. The first kappa shape index (κ1) is 16.8. The first-order valence-corrected chi connectivity index (χ1v) is 9.24. The predicted octanol–water partition coefficient (Wildman–Crippen LogP) is 3.11. The van der Waals surface area contributed by atoms with Crippen molar-refractivity contribution < 1.29 is 9.53 Å². The Morgan fingerprint density at radius 3 is 3.08 bits per heavy atom. The Morgan fingerprint density at radius 2 is 2.29 bits per heavy atom. The molecule has 2 amide bonds. The van der Waals surface area contributed by atoms with E-state index in [2.05, 4.69) is 34.0 Å². The lowest BCUT2D eigenvalue weighted by Crippen LogP contribution is -2.44. The van der Waals surface area contributed by atoms with Crippen molar-refractivity contribution in [1.82, 2.24) is 15.6 Å². The van der Waals surface area contributed by atoms with Gasteiger partial charge < -0.3 is 15.4 Å². The average Bonchev–Trinajstić information content (AvgIpc) is 3.21. The van der Waals surface area contributed by atoms with Gasteiger partial charge in [-0.3, -0.25) is 0 Å². The van der Waals surface area contributed by atoms with Crippen LogP contribution in [0.25, 0.3) is 0 Å². The maximum Gasteiger partial charge on any atom is 0.315 e. The molecule has 24 heavy (non-hydrogen) atoms. The molecule has 0 bridgehead atoms. The number of para-hydroxylation sites is 1. The summed E-state index contributed by atoms with van der Waals surface area (Å²) in [4.78, 5) is 16.6. The fourth-order valence-corrected chi connectivity index (χ4v) is 3.67. The van der Waals surface area contributed by atoms with Crippen molar-refractivity contribution in [2.45, 2.75) is 38.6 Å². The number of hydrogen-bond donors (Lipinski definition) is 2. The van der Waals surface area contributed by atoms with Gasteiger partial charge >= 0.3 is 6.03 Å². The molecule has 0 spiro atoms. The first-order valence-electron chi connectivity index (χ1n) is 8.36. The number of aromatic nitrogens is 1. The van der Waals surface area contributed by atoms with Crippen LogP contribution in [0, 0.1) is 0 Å². The molecule has 1 aromatic heterocycles. The summed E-state index contributed by atoms with van der Waals surface area (Å²) in [6, 6.07) is 7.88. The minimum absolute atomic E-state index is 0.0135. The maximum absolute atomic E-state index is 12.1. The number of nitrogens with one attached hydrogen (secondary N) is 2. The summed E-state index contributed by atoms with van der Waals surface area (Å²) in [6.45, 7) is 5.31. The summed E-state index contributed by atoms with van der Waals surface area (Å²) in [5, 5.41) is 9.13. The van der Waals surface area contributed by atoms with Gasteiger partial charge in [0, 0.05) is 35.9 Å². The number of benzene rings is 1. The molecule has 128 valence electrons. The number of thiazole rings is 1. The van der Waals surface area contributed by atoms with Gasteiger partial charge in [0.2, 0.25) is 0 Å². The van der Waals surface area contributed by atoms with E-state index in [1.54, 1.807) is 11.3 Å². The van der Waals surface area contributed by atoms with Gasteiger partial charge in [0.1, 0.15) is 5.75 Å². The van der Waals surface area contributed by atoms with E-state index < -0.39 is 0 Å². The third-order valence-electron chi connectivity index (χ3n) is 4.27. The Morgan fingerprint density at radius 1 is 1.46 bits per heavy atom. The minimum atomic E-state index is -0.141. The van der Waals surface area contributed by atoms with Crippen molar-refractivity contribution in [3.05, 3.63) is 45.9 Å². The van der Waals surface area contributed by atoms with Crippen LogP contribution in [-0.2, 0) is 12.8 Å². The van der Waals surface area contributed by atoms with Crippen molar-refractivity contribution in [3.8, 4) is 5.75 Å². The fraction of sp³-hybridized carbons (Fsp3) is 0.444. The molecule has 2 aromatic rings. The highest BCUT2D eigenvalue weighted by Crippen LogP contribution is 2.35. The molecule has 2 heterocycles. The number of carbonyl (C=O) groups excluding carboxylic acids is 1. The number of hydrogen-bond acceptors (Lipinski definition) is 4. The molecule has 6 heteroatoms. The Hall–Kier alpha value is -2.08. The third kappa shape index (κ3) is 3.87. The number of ether oxygens (including phenoxy) is 1. The molecule has 0 saturated carbocycles. The van der Waals surface area contributed by atoms with Crippen LogP contribution in [0.2, 0.25) is 0 Å². The Kier molecular flexibility index (Phi) is 5.35. The molecule has 0 radical (unpaired) electrons. The first-order chi connectivity index (χ1) is 11.7. The summed E-state index contributed by atoms with van der Waals surface area (Å²) in [5.74, 6) is 1.12. The van der Waals surface area contributed by atoms with Crippen molar-refractivity contribution >= 4 is 17.4 Å². The highest BCUT2D eigenvalue weighted by Gasteiger charge is 2.29. The third-order valence-corrected chi connectivity index (χ3v) is 5.31. The number of carbonyl (C=O) groups is 1. The van der Waals surface area contributed by atoms with Crippen molar-refractivity contribution in [3.63, 3.8) is 0 Å². The van der Waals surface area contributed by atoms with Crippen LogP contribution in [0.15, 0.2) is 29.6 Å². The van der Waals surface area contributed by atoms with Crippen LogP contribution >= 0.6 is 11.3 Å². The van der Waals surface area contributed by atoms with Gasteiger partial charge in [0.25, 0.3) is 0 Å². The zero-order valence-electron chi connectivity index (χ0n) is 14.0. The van der Waals surface area contributed by atoms with Crippen LogP contribution < -0.4 is 15.4 Å². The molecule has 2 atom stereocenters. The van der Waals surface area contributed by atoms with E-state index in [1.165, 1.54) is 5.56 Å². The molecule has 1 aliphatic heterocycles. The molecular formula is C18H23N3O2S. The monoisotopic (exact) mass is 345 g/mol. The molecule has 0 unspecified atom stereocenters. The lowest BCUT2D eigenvalue weighted by Gasteiger charge is -2.20. The number of fused-ring (bicyclic) bond motifs is 1. The van der Waals surface area contributed by atoms with Crippen LogP contribution in [-0.4, -0.2) is 30.2 Å². The second-order valence-electron chi connectivity index (χ2n) is 5.98. The van der Waals surface area contributed by atoms with E-state index in [4.69, 9.17) is 4.74 Å². The number of rotatable bonds is 6. The average molecular weight is 345 g/mol. The van der Waals surface area contributed by atoms with Crippen LogP contribution in [0.1, 0.15) is 36.0 Å². The number of urea groups is 1. The highest BCUT2D eigenvalue weighted by molar-refractivity contribution is 7.09. The molecule has 1 aliphatic rings. The number of amides is 2. The summed E-state index contributed by atoms with van der Waals surface area (Å²) >= 11 is 1.68. The van der Waals surface area contributed by atoms with Crippen molar-refractivity contribution in [2.75, 3.05) is 13.2 Å². The Bertz CT molecular complexity index is 701. The fourth-order valence-electron chi connectivity index (χ4n) is 2.89. The highest BCUT2D eigenvalue weighted by atomic mass is 32.1. The standard InChI is InChI=1S/C18H23N3O2S/c1-3-17-21-13(11-24-17)8-9-19-18(22)20-12(2)15-10-23-16-7-5-4-6-14(15)16/h4-7,11-12,15H,3,8-10H2,1-2H3,(H2,19,20,22)/t12-,15-/m1/s1. The normalized spacial score (nSPS) is 17.0. The van der Waals surface area contributed by atoms with Gasteiger partial charge in [-0.15, -0.1) is 11.3 Å². The number of aryl methyl sites for hydroxylation is 1. The van der Waals surface area contributed by atoms with Gasteiger partial charge in [-0.05, 0) is 19.4 Å². The van der Waals surface area contributed by atoms with Gasteiger partial charge in [-0.1, -0.05) is 25.1 Å². The van der Waals surface area contributed by atoms with Gasteiger partial charge in [-0.25, -0.2) is 9.78 Å². The van der Waals surface area contributed by atoms with Crippen LogP contribution in [0.3, 0.4) is 0 Å². The topological polar surface area (TPSA) is 63.2 Å². The van der Waals surface area contributed by atoms with E-state index in [-0.39, 0.29) is 18.0 Å². The zero-order chi connectivity index (χ0) is 16.9. The van der Waals surface area contributed by atoms with E-state index >= 15 is 0 Å². The molecule has 3 rings (SSSR count). The Labute approximate surface area is 146 Å². The second-order valence-corrected chi connectivity index (χ2v) is 6.92. The molecule has 2 N–H and O–H groups in total. The van der Waals surface area contributed by atoms with E-state index in [0.29, 0.717) is 13.2 Å². The second kappa shape index (κ2) is 7.66. The largest absolute Gasteiger partial charge is 0.493 e. The van der Waals surface area contributed by atoms with E-state index in [1.807, 2.05) is 25.1 Å². The van der Waals surface area contributed by atoms with Crippen molar-refractivity contribution in [1.29, 1.82) is 0 Å². The summed E-state index contributed by atoms with van der Waals surface area (Å²) in [7, 11) is 0. The lowest BCUT2D eigenvalue weighted by molar-refractivity contribution is 0.233. The van der Waals surface area contributed by atoms with Crippen LogP contribution in [0.4, 0.5) is 4.79 Å². The van der Waals surface area contributed by atoms with Crippen molar-refractivity contribution in [2.24, 2.45) is 0 Å². The lowest BCUT2D eigenvalue weighted by atomic mass is 9.94. The minimum Gasteiger partial charge on any atom is -0.493 e. The Balaban J connectivity index is 1.45. The van der Waals surface area contributed by atoms with E-state index in [0.717, 1.165) is 29.3 Å². The molecule has 0 fully saturated rings. The van der Waals surface area contributed by atoms with Gasteiger partial charge in [0.05, 0.1) is 17.3 Å². The predicted molar refractivity (Wildman–Crippen MR) is 95.9 cm³/mol. The van der Waals surface area contributed by atoms with E-state index in [9.17, 15) is 4.79 Å². The quantitative estimate of drug-likeness (QED) is 0.845. The molecule has 0 aliphatic carbocycles. The van der Waals surface area contributed by atoms with Crippen LogP contribution in [0.5, 0.6) is 5.75 Å². The maximum atomic E-state index is 12.1. The molecule has 1 aromatic carbocycles.